The molecule has 80 valence electrons. The Morgan fingerprint density at radius 1 is 1.50 bits per heavy atom. The average molecular weight is 217 g/mol. The summed E-state index contributed by atoms with van der Waals surface area (Å²) < 4.78 is 13.2. The number of hydrogen-bond acceptors (Lipinski definition) is 4. The van der Waals surface area contributed by atoms with Crippen molar-refractivity contribution < 1.29 is 4.39 Å². The highest BCUT2D eigenvalue weighted by atomic mass is 19.1. The van der Waals surface area contributed by atoms with E-state index in [0.29, 0.717) is 18.1 Å². The van der Waals surface area contributed by atoms with Gasteiger partial charge in [0.15, 0.2) is 0 Å². The molecule has 1 aromatic heterocycles. The lowest BCUT2D eigenvalue weighted by Crippen LogP contribution is -2.03. The van der Waals surface area contributed by atoms with E-state index in [1.807, 2.05) is 6.07 Å². The lowest BCUT2D eigenvalue weighted by Gasteiger charge is -2.06. The van der Waals surface area contributed by atoms with Gasteiger partial charge in [0.25, 0.3) is 0 Å². The molecule has 0 spiro atoms. The molecule has 1 aromatic carbocycles. The minimum absolute atomic E-state index is 0.00187. The quantitative estimate of drug-likeness (QED) is 0.815. The molecule has 0 atom stereocenters. The van der Waals surface area contributed by atoms with Gasteiger partial charge >= 0.3 is 0 Å². The number of aromatic nitrogens is 3. The number of halogens is 1. The van der Waals surface area contributed by atoms with Crippen LogP contribution in [0.4, 0.5) is 10.1 Å². The van der Waals surface area contributed by atoms with Crippen molar-refractivity contribution in [3.8, 4) is 6.07 Å². The van der Waals surface area contributed by atoms with E-state index in [1.165, 1.54) is 12.4 Å². The summed E-state index contributed by atoms with van der Waals surface area (Å²) in [6.45, 7) is 0.359. The van der Waals surface area contributed by atoms with Crippen LogP contribution in [-0.2, 0) is 6.54 Å². The van der Waals surface area contributed by atoms with Crippen molar-refractivity contribution in [1.82, 2.24) is 15.2 Å². The van der Waals surface area contributed by atoms with Gasteiger partial charge in [-0.3, -0.25) is 5.10 Å². The van der Waals surface area contributed by atoms with Gasteiger partial charge in [-0.05, 0) is 12.1 Å². The first-order valence-electron chi connectivity index (χ1n) is 4.58. The lowest BCUT2D eigenvalue weighted by molar-refractivity contribution is 0.624. The van der Waals surface area contributed by atoms with Crippen LogP contribution >= 0.6 is 0 Å². The molecule has 1 heterocycles. The van der Waals surface area contributed by atoms with E-state index >= 15 is 0 Å². The number of anilines is 1. The minimum atomic E-state index is -0.537. The average Bonchev–Trinajstić information content (AvgIpc) is 2.79. The molecule has 0 fully saturated rings. The van der Waals surface area contributed by atoms with Gasteiger partial charge in [-0.2, -0.15) is 10.4 Å². The Morgan fingerprint density at radius 2 is 2.38 bits per heavy atom. The molecule has 0 radical (unpaired) electrons. The van der Waals surface area contributed by atoms with E-state index in [2.05, 4.69) is 20.5 Å². The number of aromatic amines is 1. The van der Waals surface area contributed by atoms with E-state index in [4.69, 9.17) is 5.26 Å². The number of rotatable bonds is 3. The number of H-pyrrole nitrogens is 1. The van der Waals surface area contributed by atoms with Gasteiger partial charge in [0.2, 0.25) is 0 Å². The van der Waals surface area contributed by atoms with Crippen LogP contribution in [-0.4, -0.2) is 15.2 Å². The van der Waals surface area contributed by atoms with Gasteiger partial charge in [0, 0.05) is 0 Å². The molecule has 16 heavy (non-hydrogen) atoms. The van der Waals surface area contributed by atoms with Crippen LogP contribution in [0.25, 0.3) is 0 Å². The van der Waals surface area contributed by atoms with E-state index < -0.39 is 5.82 Å². The van der Waals surface area contributed by atoms with Gasteiger partial charge in [-0.25, -0.2) is 9.37 Å². The number of nitrogens with zero attached hydrogens (tertiary/aromatic N) is 3. The summed E-state index contributed by atoms with van der Waals surface area (Å²) in [6, 6.07) is 6.24. The molecule has 0 aliphatic heterocycles. The Morgan fingerprint density at radius 3 is 3.06 bits per heavy atom. The van der Waals surface area contributed by atoms with Crippen LogP contribution in [0.2, 0.25) is 0 Å². The maximum atomic E-state index is 13.2. The standard InChI is InChI=1S/C10H8FN5/c11-8-2-1-3-9(7(8)4-12)13-5-10-14-6-15-16-10/h1-3,6,13H,5H2,(H,14,15,16). The summed E-state index contributed by atoms with van der Waals surface area (Å²) in [4.78, 5) is 3.90. The lowest BCUT2D eigenvalue weighted by atomic mass is 10.2. The first-order valence-corrected chi connectivity index (χ1v) is 4.58. The molecule has 0 saturated carbocycles. The van der Waals surface area contributed by atoms with Crippen molar-refractivity contribution in [2.45, 2.75) is 6.54 Å². The molecule has 5 nitrogen and oxygen atoms in total. The zero-order valence-electron chi connectivity index (χ0n) is 8.24. The molecule has 2 N–H and O–H groups in total. The fraction of sp³-hybridized carbons (Fsp3) is 0.100. The summed E-state index contributed by atoms with van der Waals surface area (Å²) in [7, 11) is 0. The summed E-state index contributed by atoms with van der Waals surface area (Å²) in [6.07, 6.45) is 1.38. The van der Waals surface area contributed by atoms with Crippen LogP contribution < -0.4 is 5.32 Å². The third-order valence-corrected chi connectivity index (χ3v) is 2.04. The third-order valence-electron chi connectivity index (χ3n) is 2.04. The van der Waals surface area contributed by atoms with Crippen LogP contribution in [0.3, 0.4) is 0 Å². The highest BCUT2D eigenvalue weighted by Gasteiger charge is 2.07. The molecular weight excluding hydrogens is 209 g/mol. The second-order valence-electron chi connectivity index (χ2n) is 3.06. The Labute approximate surface area is 90.9 Å². The zero-order valence-corrected chi connectivity index (χ0v) is 8.24. The monoisotopic (exact) mass is 217 g/mol. The summed E-state index contributed by atoms with van der Waals surface area (Å²) >= 11 is 0. The second-order valence-corrected chi connectivity index (χ2v) is 3.06. The largest absolute Gasteiger partial charge is 0.377 e. The Kier molecular flexibility index (Phi) is 2.78. The second kappa shape index (κ2) is 4.40. The van der Waals surface area contributed by atoms with Crippen molar-refractivity contribution in [2.24, 2.45) is 0 Å². The SMILES string of the molecule is N#Cc1c(F)cccc1NCc1ncn[nH]1. The predicted molar refractivity (Wildman–Crippen MR) is 54.8 cm³/mol. The summed E-state index contributed by atoms with van der Waals surface area (Å²) in [5, 5.41) is 18.0. The van der Waals surface area contributed by atoms with Crippen molar-refractivity contribution in [3.05, 3.63) is 41.7 Å². The van der Waals surface area contributed by atoms with Crippen molar-refractivity contribution in [3.63, 3.8) is 0 Å². The highest BCUT2D eigenvalue weighted by molar-refractivity contribution is 5.57. The van der Waals surface area contributed by atoms with Gasteiger partial charge in [-0.15, -0.1) is 0 Å². The maximum absolute atomic E-state index is 13.2. The van der Waals surface area contributed by atoms with E-state index in [9.17, 15) is 4.39 Å². The van der Waals surface area contributed by atoms with Crippen LogP contribution in [0.15, 0.2) is 24.5 Å². The fourth-order valence-corrected chi connectivity index (χ4v) is 1.28. The summed E-state index contributed by atoms with van der Waals surface area (Å²) in [5.41, 5.74) is 0.445. The topological polar surface area (TPSA) is 77.4 Å². The molecular formula is C10H8FN5. The van der Waals surface area contributed by atoms with Gasteiger partial charge in [0.1, 0.15) is 29.6 Å². The van der Waals surface area contributed by atoms with Crippen molar-refractivity contribution in [2.75, 3.05) is 5.32 Å². The molecule has 0 unspecified atom stereocenters. The molecule has 0 amide bonds. The highest BCUT2D eigenvalue weighted by Crippen LogP contribution is 2.17. The Hall–Kier alpha value is -2.42. The number of benzene rings is 1. The van der Waals surface area contributed by atoms with Crippen LogP contribution in [0.1, 0.15) is 11.4 Å². The molecule has 0 aliphatic carbocycles. The number of nitrogens with one attached hydrogen (secondary N) is 2. The van der Waals surface area contributed by atoms with Gasteiger partial charge in [-0.1, -0.05) is 6.07 Å². The third kappa shape index (κ3) is 1.98. The fourth-order valence-electron chi connectivity index (χ4n) is 1.28. The normalized spacial score (nSPS) is 9.75. The van der Waals surface area contributed by atoms with E-state index in [-0.39, 0.29) is 5.56 Å². The first-order chi connectivity index (χ1) is 7.81. The first kappa shape index (κ1) is 10.1. The minimum Gasteiger partial charge on any atom is -0.377 e. The van der Waals surface area contributed by atoms with E-state index in [0.717, 1.165) is 0 Å². The van der Waals surface area contributed by atoms with E-state index in [1.54, 1.807) is 12.1 Å². The molecule has 0 aliphatic rings. The van der Waals surface area contributed by atoms with Gasteiger partial charge < -0.3 is 5.32 Å². The van der Waals surface area contributed by atoms with Gasteiger partial charge in [0.05, 0.1) is 12.2 Å². The number of hydrogen-bond donors (Lipinski definition) is 2. The Bertz CT molecular complexity index is 515. The Balaban J connectivity index is 2.16. The maximum Gasteiger partial charge on any atom is 0.143 e. The smallest absolute Gasteiger partial charge is 0.143 e. The zero-order chi connectivity index (χ0) is 11.4. The number of nitriles is 1. The van der Waals surface area contributed by atoms with Crippen molar-refractivity contribution >= 4 is 5.69 Å². The van der Waals surface area contributed by atoms with Crippen molar-refractivity contribution in [1.29, 1.82) is 5.26 Å². The molecule has 6 heteroatoms. The van der Waals surface area contributed by atoms with Crippen LogP contribution in [0, 0.1) is 17.1 Å². The molecule has 2 aromatic rings. The molecule has 2 rings (SSSR count). The predicted octanol–water partition coefficient (Wildman–Crippen LogP) is 1.43. The molecule has 0 bridgehead atoms. The van der Waals surface area contributed by atoms with Crippen LogP contribution in [0.5, 0.6) is 0 Å². The summed E-state index contributed by atoms with van der Waals surface area (Å²) in [5.74, 6) is 0.0817. The molecule has 0 saturated heterocycles.